The smallest absolute Gasteiger partial charge is 0.236 e. The van der Waals surface area contributed by atoms with Gasteiger partial charge in [0.25, 0.3) is 0 Å². The third-order valence-corrected chi connectivity index (χ3v) is 7.30. The van der Waals surface area contributed by atoms with E-state index in [1.807, 2.05) is 26.0 Å². The molecule has 0 bridgehead atoms. The molecule has 0 saturated carbocycles. The number of ether oxygens (including phenoxy) is 3. The molecule has 3 heterocycles. The molecule has 2 aromatic heterocycles. The molecule has 0 amide bonds. The van der Waals surface area contributed by atoms with Gasteiger partial charge in [-0.2, -0.15) is 5.26 Å². The van der Waals surface area contributed by atoms with Crippen molar-refractivity contribution in [3.05, 3.63) is 82.5 Å². The minimum absolute atomic E-state index is 0.0508. The van der Waals surface area contributed by atoms with Crippen LogP contribution in [0.3, 0.4) is 0 Å². The van der Waals surface area contributed by atoms with Crippen LogP contribution in [0.25, 0.3) is 27.4 Å². The van der Waals surface area contributed by atoms with Gasteiger partial charge in [-0.1, -0.05) is 35.5 Å². The quantitative estimate of drug-likeness (QED) is 0.177. The molecule has 4 aromatic rings. The van der Waals surface area contributed by atoms with Crippen molar-refractivity contribution in [2.45, 2.75) is 36.5 Å². The third kappa shape index (κ3) is 6.06. The molecule has 1 unspecified atom stereocenters. The predicted molar refractivity (Wildman–Crippen MR) is 152 cm³/mol. The summed E-state index contributed by atoms with van der Waals surface area (Å²) in [5, 5.41) is 11.1. The normalized spacial score (nSPS) is 15.9. The van der Waals surface area contributed by atoms with Gasteiger partial charge in [-0.15, -0.1) is 0 Å². The Balaban J connectivity index is 1.35. The van der Waals surface area contributed by atoms with Crippen LogP contribution in [0, 0.1) is 17.9 Å². The van der Waals surface area contributed by atoms with Gasteiger partial charge in [-0.25, -0.2) is 14.8 Å². The number of nitrogens with two attached hydrogens (primary N) is 1. The van der Waals surface area contributed by atoms with Crippen molar-refractivity contribution in [3.8, 4) is 34.4 Å². The van der Waals surface area contributed by atoms with E-state index in [-0.39, 0.29) is 23.2 Å². The molecule has 40 heavy (non-hydrogen) atoms. The maximum absolute atomic E-state index is 10.1. The Morgan fingerprint density at radius 1 is 1.18 bits per heavy atom. The molecule has 9 nitrogen and oxygen atoms in total. The first-order valence-corrected chi connectivity index (χ1v) is 13.6. The van der Waals surface area contributed by atoms with Crippen LogP contribution in [0.15, 0.2) is 64.2 Å². The van der Waals surface area contributed by atoms with E-state index < -0.39 is 5.79 Å². The zero-order valence-corrected chi connectivity index (χ0v) is 23.3. The van der Waals surface area contributed by atoms with Gasteiger partial charge in [0.2, 0.25) is 11.6 Å². The summed E-state index contributed by atoms with van der Waals surface area (Å²) in [6.45, 7) is 12.2. The summed E-state index contributed by atoms with van der Waals surface area (Å²) in [4.78, 5) is 12.5. The lowest BCUT2D eigenvalue weighted by Gasteiger charge is -2.17. The maximum Gasteiger partial charge on any atom is 0.236 e. The lowest BCUT2D eigenvalue weighted by atomic mass is 10.00. The van der Waals surface area contributed by atoms with Gasteiger partial charge in [0.05, 0.1) is 24.4 Å². The van der Waals surface area contributed by atoms with Crippen LogP contribution in [-0.4, -0.2) is 35.1 Å². The molecule has 1 atom stereocenters. The number of thioether (sulfide) groups is 1. The first-order valence-electron chi connectivity index (χ1n) is 12.3. The van der Waals surface area contributed by atoms with Crippen molar-refractivity contribution in [2.75, 3.05) is 18.9 Å². The SMILES string of the molecule is [C-]#[N+]c1c(N)nc(SCc2coc(-c3ccc(Cl)cc3)n2)c(C#N)c1-c1ccc(OCC2COC(C)(C)O2)cc1. The average Bonchev–Trinajstić information content (AvgIpc) is 3.56. The number of nitrogen functional groups attached to an aromatic ring is 1. The monoisotopic (exact) mass is 573 g/mol. The number of oxazole rings is 1. The Labute approximate surface area is 240 Å². The maximum atomic E-state index is 10.1. The van der Waals surface area contributed by atoms with Crippen LogP contribution in [-0.2, 0) is 15.2 Å². The number of benzene rings is 2. The van der Waals surface area contributed by atoms with E-state index in [1.54, 1.807) is 42.7 Å². The zero-order chi connectivity index (χ0) is 28.3. The van der Waals surface area contributed by atoms with Crippen molar-refractivity contribution >= 4 is 34.9 Å². The lowest BCUT2D eigenvalue weighted by Crippen LogP contribution is -2.25. The van der Waals surface area contributed by atoms with E-state index >= 15 is 0 Å². The number of rotatable bonds is 8. The molecule has 0 spiro atoms. The largest absolute Gasteiger partial charge is 0.491 e. The third-order valence-electron chi connectivity index (χ3n) is 6.03. The number of nitrogens with zero attached hydrogens (tertiary/aromatic N) is 4. The Kier molecular flexibility index (Phi) is 7.97. The fourth-order valence-corrected chi connectivity index (χ4v) is 5.16. The number of hydrogen-bond donors (Lipinski definition) is 1. The van der Waals surface area contributed by atoms with E-state index in [0.29, 0.717) is 57.5 Å². The van der Waals surface area contributed by atoms with Crippen LogP contribution in [0.4, 0.5) is 11.5 Å². The van der Waals surface area contributed by atoms with Crippen molar-refractivity contribution in [1.82, 2.24) is 9.97 Å². The Hall–Kier alpha value is -4.06. The molecule has 0 aliphatic carbocycles. The van der Waals surface area contributed by atoms with E-state index in [1.165, 1.54) is 11.8 Å². The molecular formula is C29H24ClN5O4S. The molecule has 202 valence electrons. The fourth-order valence-electron chi connectivity index (χ4n) is 4.17. The molecule has 1 aliphatic rings. The highest BCUT2D eigenvalue weighted by Gasteiger charge is 2.33. The summed E-state index contributed by atoms with van der Waals surface area (Å²) in [5.41, 5.74) is 9.11. The zero-order valence-electron chi connectivity index (χ0n) is 21.7. The van der Waals surface area contributed by atoms with Crippen molar-refractivity contribution in [2.24, 2.45) is 0 Å². The van der Waals surface area contributed by atoms with Gasteiger partial charge in [0.1, 0.15) is 41.6 Å². The topological polar surface area (TPSA) is 121 Å². The molecule has 0 radical (unpaired) electrons. The van der Waals surface area contributed by atoms with Gasteiger partial charge in [0, 0.05) is 21.9 Å². The molecular weight excluding hydrogens is 550 g/mol. The highest BCUT2D eigenvalue weighted by molar-refractivity contribution is 7.98. The van der Waals surface area contributed by atoms with Crippen LogP contribution in [0.1, 0.15) is 25.1 Å². The van der Waals surface area contributed by atoms with Crippen LogP contribution in [0.5, 0.6) is 5.75 Å². The summed E-state index contributed by atoms with van der Waals surface area (Å²) < 4.78 is 22.8. The van der Waals surface area contributed by atoms with Crippen LogP contribution < -0.4 is 10.5 Å². The summed E-state index contributed by atoms with van der Waals surface area (Å²) in [6.07, 6.45) is 1.39. The molecule has 1 fully saturated rings. The summed E-state index contributed by atoms with van der Waals surface area (Å²) in [6, 6.07) is 16.5. The van der Waals surface area contributed by atoms with Crippen LogP contribution in [0.2, 0.25) is 5.02 Å². The molecule has 1 saturated heterocycles. The predicted octanol–water partition coefficient (Wildman–Crippen LogP) is 6.88. The standard InChI is InChI=1S/C29H24ClN5O4S/c1-29(2)38-15-22(39-29)14-36-21-10-6-17(7-11-21)24-23(12-31)28(35-26(32)25(24)33-3)40-16-20-13-37-27(34-20)18-4-8-19(30)9-5-18/h4-11,13,22H,14-16H2,1-2H3,(H2,32,35). The highest BCUT2D eigenvalue weighted by Crippen LogP contribution is 2.42. The molecule has 2 N–H and O–H groups in total. The summed E-state index contributed by atoms with van der Waals surface area (Å²) in [7, 11) is 0. The molecule has 2 aromatic carbocycles. The second-order valence-corrected chi connectivity index (χ2v) is 10.8. The van der Waals surface area contributed by atoms with Gasteiger partial charge in [-0.3, -0.25) is 0 Å². The van der Waals surface area contributed by atoms with Crippen molar-refractivity contribution in [1.29, 1.82) is 5.26 Å². The van der Waals surface area contributed by atoms with Gasteiger partial charge < -0.3 is 24.4 Å². The Morgan fingerprint density at radius 3 is 2.55 bits per heavy atom. The summed E-state index contributed by atoms with van der Waals surface area (Å²) in [5.74, 6) is 0.896. The number of anilines is 1. The average molecular weight is 574 g/mol. The summed E-state index contributed by atoms with van der Waals surface area (Å²) >= 11 is 7.26. The van der Waals surface area contributed by atoms with Crippen LogP contribution >= 0.6 is 23.4 Å². The van der Waals surface area contributed by atoms with E-state index in [4.69, 9.17) is 42.5 Å². The van der Waals surface area contributed by atoms with Gasteiger partial charge in [0.15, 0.2) is 5.79 Å². The molecule has 1 aliphatic heterocycles. The van der Waals surface area contributed by atoms with Gasteiger partial charge in [-0.05, 0) is 55.8 Å². The van der Waals surface area contributed by atoms with E-state index in [2.05, 4.69) is 20.9 Å². The number of pyridine rings is 1. The van der Waals surface area contributed by atoms with E-state index in [0.717, 1.165) is 5.56 Å². The number of aromatic nitrogens is 2. The van der Waals surface area contributed by atoms with E-state index in [9.17, 15) is 5.26 Å². The highest BCUT2D eigenvalue weighted by atomic mass is 35.5. The second kappa shape index (κ2) is 11.6. The fraction of sp³-hybridized carbons (Fsp3) is 0.241. The first kappa shape index (κ1) is 27.5. The number of hydrogen-bond acceptors (Lipinski definition) is 9. The number of halogens is 1. The molecule has 11 heteroatoms. The van der Waals surface area contributed by atoms with Gasteiger partial charge >= 0.3 is 0 Å². The first-order chi connectivity index (χ1) is 19.3. The lowest BCUT2D eigenvalue weighted by molar-refractivity contribution is -0.141. The number of nitriles is 1. The second-order valence-electron chi connectivity index (χ2n) is 9.35. The van der Waals surface area contributed by atoms with Crippen molar-refractivity contribution < 1.29 is 18.6 Å². The van der Waals surface area contributed by atoms with Crippen molar-refractivity contribution in [3.63, 3.8) is 0 Å². The minimum atomic E-state index is -0.620. The Bertz CT molecular complexity index is 1610. The Morgan fingerprint density at radius 2 is 1.90 bits per heavy atom. The molecule has 5 rings (SSSR count). The minimum Gasteiger partial charge on any atom is -0.491 e.